The minimum absolute atomic E-state index is 0.0549. The number of benzene rings is 1. The van der Waals surface area contributed by atoms with Crippen molar-refractivity contribution < 1.29 is 4.79 Å². The summed E-state index contributed by atoms with van der Waals surface area (Å²) in [5.74, 6) is 0.270. The molecule has 3 heteroatoms. The molecule has 0 saturated carbocycles. The maximum atomic E-state index is 12.1. The molecule has 0 unspecified atom stereocenters. The standard InChI is InChI=1S/C18H23NOS/c1-13-6-5-7-14(10-13)8-9-15(20)11-17-19-16(12-21-17)18(2,3)4/h5-7,10,12H,8-9,11H2,1-4H3. The van der Waals surface area contributed by atoms with Crippen LogP contribution < -0.4 is 0 Å². The predicted octanol–water partition coefficient (Wildman–Crippen LogP) is 4.49. The van der Waals surface area contributed by atoms with Gasteiger partial charge in [0.05, 0.1) is 12.1 Å². The number of carbonyl (C=O) groups excluding carboxylic acids is 1. The molecule has 0 saturated heterocycles. The van der Waals surface area contributed by atoms with Crippen LogP contribution >= 0.6 is 11.3 Å². The lowest BCUT2D eigenvalue weighted by Gasteiger charge is -2.14. The third-order valence-corrected chi connectivity index (χ3v) is 4.29. The number of nitrogens with zero attached hydrogens (tertiary/aromatic N) is 1. The van der Waals surface area contributed by atoms with E-state index in [1.165, 1.54) is 11.1 Å². The molecule has 21 heavy (non-hydrogen) atoms. The Morgan fingerprint density at radius 2 is 2.05 bits per heavy atom. The number of aromatic nitrogens is 1. The number of ketones is 1. The van der Waals surface area contributed by atoms with E-state index in [0.29, 0.717) is 12.8 Å². The maximum absolute atomic E-state index is 12.1. The highest BCUT2D eigenvalue weighted by Gasteiger charge is 2.18. The quantitative estimate of drug-likeness (QED) is 0.814. The summed E-state index contributed by atoms with van der Waals surface area (Å²) in [4.78, 5) is 16.7. The van der Waals surface area contributed by atoms with Crippen molar-refractivity contribution >= 4 is 17.1 Å². The van der Waals surface area contributed by atoms with Crippen LogP contribution in [0.4, 0.5) is 0 Å². The summed E-state index contributed by atoms with van der Waals surface area (Å²) in [6.07, 6.45) is 1.87. The molecule has 0 bridgehead atoms. The Morgan fingerprint density at radius 3 is 2.67 bits per heavy atom. The van der Waals surface area contributed by atoms with Gasteiger partial charge in [-0.05, 0) is 18.9 Å². The Hall–Kier alpha value is -1.48. The van der Waals surface area contributed by atoms with Gasteiger partial charge in [-0.25, -0.2) is 4.98 Å². The summed E-state index contributed by atoms with van der Waals surface area (Å²) < 4.78 is 0. The first-order chi connectivity index (χ1) is 9.84. The van der Waals surface area contributed by atoms with Gasteiger partial charge in [0.15, 0.2) is 0 Å². The first kappa shape index (κ1) is 15.9. The molecule has 0 amide bonds. The van der Waals surface area contributed by atoms with Crippen LogP contribution in [-0.4, -0.2) is 10.8 Å². The second kappa shape index (κ2) is 6.52. The van der Waals surface area contributed by atoms with Crippen LogP contribution in [0.25, 0.3) is 0 Å². The van der Waals surface area contributed by atoms with Crippen molar-refractivity contribution in [2.24, 2.45) is 0 Å². The monoisotopic (exact) mass is 301 g/mol. The van der Waals surface area contributed by atoms with E-state index in [1.54, 1.807) is 11.3 Å². The lowest BCUT2D eigenvalue weighted by atomic mass is 9.93. The number of rotatable bonds is 5. The minimum Gasteiger partial charge on any atom is -0.299 e. The van der Waals surface area contributed by atoms with Crippen molar-refractivity contribution in [3.8, 4) is 0 Å². The lowest BCUT2D eigenvalue weighted by molar-refractivity contribution is -0.118. The fourth-order valence-electron chi connectivity index (χ4n) is 2.15. The molecule has 0 atom stereocenters. The highest BCUT2D eigenvalue weighted by atomic mass is 32.1. The molecule has 0 N–H and O–H groups in total. The average molecular weight is 301 g/mol. The summed E-state index contributed by atoms with van der Waals surface area (Å²) in [7, 11) is 0. The molecular formula is C18H23NOS. The van der Waals surface area contributed by atoms with Crippen molar-refractivity contribution in [3.63, 3.8) is 0 Å². The van der Waals surface area contributed by atoms with Gasteiger partial charge >= 0.3 is 0 Å². The second-order valence-electron chi connectivity index (χ2n) is 6.58. The lowest BCUT2D eigenvalue weighted by Crippen LogP contribution is -2.12. The van der Waals surface area contributed by atoms with Crippen LogP contribution in [0.1, 0.15) is 49.0 Å². The molecule has 0 aliphatic carbocycles. The Balaban J connectivity index is 1.89. The molecule has 0 fully saturated rings. The van der Waals surface area contributed by atoms with Crippen LogP contribution in [0.3, 0.4) is 0 Å². The van der Waals surface area contributed by atoms with Gasteiger partial charge in [0.2, 0.25) is 0 Å². The molecule has 1 aromatic carbocycles. The zero-order valence-corrected chi connectivity index (χ0v) is 14.1. The summed E-state index contributed by atoms with van der Waals surface area (Å²) in [6.45, 7) is 8.51. The molecule has 0 spiro atoms. The Morgan fingerprint density at radius 1 is 1.29 bits per heavy atom. The van der Waals surface area contributed by atoms with Crippen LogP contribution in [-0.2, 0) is 23.1 Å². The number of carbonyl (C=O) groups is 1. The van der Waals surface area contributed by atoms with E-state index in [9.17, 15) is 4.79 Å². The Kier molecular flexibility index (Phi) is 4.94. The molecule has 0 aliphatic rings. The number of hydrogen-bond acceptors (Lipinski definition) is 3. The normalized spacial score (nSPS) is 11.6. The number of hydrogen-bond donors (Lipinski definition) is 0. The smallest absolute Gasteiger partial charge is 0.140 e. The van der Waals surface area contributed by atoms with E-state index < -0.39 is 0 Å². The minimum atomic E-state index is 0.0549. The van der Waals surface area contributed by atoms with E-state index in [4.69, 9.17) is 0 Å². The van der Waals surface area contributed by atoms with Gasteiger partial charge in [-0.15, -0.1) is 11.3 Å². The number of thiazole rings is 1. The van der Waals surface area contributed by atoms with E-state index >= 15 is 0 Å². The summed E-state index contributed by atoms with van der Waals surface area (Å²) in [5.41, 5.74) is 3.61. The van der Waals surface area contributed by atoms with E-state index in [1.807, 2.05) is 6.07 Å². The van der Waals surface area contributed by atoms with Crippen molar-refractivity contribution in [1.29, 1.82) is 0 Å². The third-order valence-electron chi connectivity index (χ3n) is 3.44. The van der Waals surface area contributed by atoms with Gasteiger partial charge in [0, 0.05) is 17.2 Å². The summed E-state index contributed by atoms with van der Waals surface area (Å²) in [5, 5.41) is 3.01. The summed E-state index contributed by atoms with van der Waals surface area (Å²) in [6, 6.07) is 8.36. The average Bonchev–Trinajstić information content (AvgIpc) is 2.85. The molecule has 2 rings (SSSR count). The van der Waals surface area contributed by atoms with E-state index in [2.05, 4.69) is 56.3 Å². The first-order valence-corrected chi connectivity index (χ1v) is 8.25. The van der Waals surface area contributed by atoms with E-state index in [-0.39, 0.29) is 11.2 Å². The predicted molar refractivity (Wildman–Crippen MR) is 89.0 cm³/mol. The first-order valence-electron chi connectivity index (χ1n) is 7.37. The topological polar surface area (TPSA) is 30.0 Å². The zero-order valence-electron chi connectivity index (χ0n) is 13.3. The second-order valence-corrected chi connectivity index (χ2v) is 7.52. The van der Waals surface area contributed by atoms with Crippen molar-refractivity contribution in [2.75, 3.05) is 0 Å². The van der Waals surface area contributed by atoms with Crippen LogP contribution in [0.2, 0.25) is 0 Å². The molecular weight excluding hydrogens is 278 g/mol. The molecule has 0 aliphatic heterocycles. The number of Topliss-reactive ketones (excluding diaryl/α,β-unsaturated/α-hetero) is 1. The molecule has 2 aromatic rings. The molecule has 1 aromatic heterocycles. The van der Waals surface area contributed by atoms with Gasteiger partial charge in [0.1, 0.15) is 10.8 Å². The molecule has 1 heterocycles. The van der Waals surface area contributed by atoms with Gasteiger partial charge in [-0.1, -0.05) is 50.6 Å². The van der Waals surface area contributed by atoms with Gasteiger partial charge in [-0.2, -0.15) is 0 Å². The Labute approximate surface area is 131 Å². The fraction of sp³-hybridized carbons (Fsp3) is 0.444. The van der Waals surface area contributed by atoms with Crippen LogP contribution in [0.15, 0.2) is 29.6 Å². The van der Waals surface area contributed by atoms with Crippen molar-refractivity contribution in [1.82, 2.24) is 4.98 Å². The molecule has 2 nitrogen and oxygen atoms in total. The van der Waals surface area contributed by atoms with Gasteiger partial charge < -0.3 is 0 Å². The highest BCUT2D eigenvalue weighted by Crippen LogP contribution is 2.24. The third kappa shape index (κ3) is 4.78. The zero-order chi connectivity index (χ0) is 15.5. The Bertz CT molecular complexity index is 622. The SMILES string of the molecule is Cc1cccc(CCC(=O)Cc2nc(C(C)(C)C)cs2)c1. The fourth-order valence-corrected chi connectivity index (χ4v) is 3.19. The van der Waals surface area contributed by atoms with E-state index in [0.717, 1.165) is 17.1 Å². The van der Waals surface area contributed by atoms with Crippen molar-refractivity contribution in [3.05, 3.63) is 51.5 Å². The maximum Gasteiger partial charge on any atom is 0.140 e. The molecule has 0 radical (unpaired) electrons. The largest absolute Gasteiger partial charge is 0.299 e. The molecule has 112 valence electrons. The van der Waals surface area contributed by atoms with Gasteiger partial charge in [-0.3, -0.25) is 4.79 Å². The summed E-state index contributed by atoms with van der Waals surface area (Å²) >= 11 is 1.60. The van der Waals surface area contributed by atoms with Crippen LogP contribution in [0, 0.1) is 6.92 Å². The van der Waals surface area contributed by atoms with Gasteiger partial charge in [0.25, 0.3) is 0 Å². The highest BCUT2D eigenvalue weighted by molar-refractivity contribution is 7.09. The number of aryl methyl sites for hydroxylation is 2. The van der Waals surface area contributed by atoms with Crippen LogP contribution in [0.5, 0.6) is 0 Å². The van der Waals surface area contributed by atoms with Crippen molar-refractivity contribution in [2.45, 2.75) is 52.4 Å².